The monoisotopic (exact) mass is 336 g/mol. The quantitative estimate of drug-likeness (QED) is 0.729. The van der Waals surface area contributed by atoms with Crippen molar-refractivity contribution in [1.82, 2.24) is 19.5 Å². The van der Waals surface area contributed by atoms with Gasteiger partial charge in [-0.15, -0.1) is 0 Å². The number of aliphatic hydroxyl groups excluding tert-OH is 2. The van der Waals surface area contributed by atoms with Crippen molar-refractivity contribution in [3.8, 4) is 0 Å². The van der Waals surface area contributed by atoms with E-state index in [0.717, 1.165) is 0 Å². The fraction of sp³-hybridized carbons (Fsp3) is 0.583. The number of aliphatic hydroxyl groups is 2. The Kier molecular flexibility index (Phi) is 4.35. The van der Waals surface area contributed by atoms with Gasteiger partial charge in [0, 0.05) is 49.7 Å². The summed E-state index contributed by atoms with van der Waals surface area (Å²) in [5, 5.41) is 19.9. The van der Waals surface area contributed by atoms with Crippen LogP contribution in [0.3, 0.4) is 0 Å². The van der Waals surface area contributed by atoms with Gasteiger partial charge < -0.3 is 24.7 Å². The summed E-state index contributed by atoms with van der Waals surface area (Å²) in [6.45, 7) is 3.72. The van der Waals surface area contributed by atoms with Crippen molar-refractivity contribution < 1.29 is 42.9 Å². The second kappa shape index (κ2) is 5.52. The second-order valence-corrected chi connectivity index (χ2v) is 4.97. The van der Waals surface area contributed by atoms with E-state index in [1.807, 2.05) is 11.5 Å². The Morgan fingerprint density at radius 1 is 1.37 bits per heavy atom. The van der Waals surface area contributed by atoms with Crippen molar-refractivity contribution in [1.29, 1.82) is 0 Å². The van der Waals surface area contributed by atoms with E-state index in [4.69, 9.17) is 0 Å². The summed E-state index contributed by atoms with van der Waals surface area (Å²) in [6, 6.07) is -0.192. The van der Waals surface area contributed by atoms with Crippen LogP contribution in [0.2, 0.25) is 0 Å². The molecule has 99 valence electrons. The molecule has 0 unspecified atom stereocenters. The fourth-order valence-electron chi connectivity index (χ4n) is 2.60. The van der Waals surface area contributed by atoms with E-state index in [2.05, 4.69) is 21.1 Å². The van der Waals surface area contributed by atoms with Crippen molar-refractivity contribution in [2.75, 3.05) is 0 Å². The maximum atomic E-state index is 10.1. The van der Waals surface area contributed by atoms with Crippen LogP contribution in [-0.2, 0) is 32.7 Å². The van der Waals surface area contributed by atoms with Gasteiger partial charge in [-0.1, -0.05) is 13.8 Å². The number of hydrogen-bond donors (Lipinski definition) is 2. The average molecular weight is 336 g/mol. The van der Waals surface area contributed by atoms with Crippen molar-refractivity contribution in [3.05, 3.63) is 18.3 Å². The first-order valence-corrected chi connectivity index (χ1v) is 6.03. The Hall–Kier alpha value is -0.426. The number of imidazole rings is 1. The standard InChI is InChI=1S/C12H15N4O2.Y/c1-6-3-9(11(18)10(6)17)16-5-14-8-4-13-7(2)15-12(8)16;/h5-6,9-11,17-18H,3H2,1-2H3;/q-1;/t6-,9+,10+,11-;/m0./s1. The molecule has 1 saturated carbocycles. The summed E-state index contributed by atoms with van der Waals surface area (Å²) in [6.07, 6.45) is 3.67. The smallest absolute Gasteiger partial charge is 0.0998 e. The molecule has 0 saturated heterocycles. The Bertz CT molecular complexity index is 588. The molecule has 6 nitrogen and oxygen atoms in total. The minimum absolute atomic E-state index is 0. The molecule has 1 radical (unpaired) electrons. The topological polar surface area (TPSA) is 84.1 Å². The molecule has 7 heteroatoms. The number of fused-ring (bicyclic) bond motifs is 1. The third kappa shape index (κ3) is 2.47. The van der Waals surface area contributed by atoms with E-state index >= 15 is 0 Å². The van der Waals surface area contributed by atoms with Crippen LogP contribution < -0.4 is 0 Å². The molecule has 1 aliphatic carbocycles. The Morgan fingerprint density at radius 3 is 2.74 bits per heavy atom. The average Bonchev–Trinajstić information content (AvgIpc) is 2.86. The molecule has 0 aromatic carbocycles. The number of hydrogen-bond acceptors (Lipinski definition) is 5. The van der Waals surface area contributed by atoms with Crippen LogP contribution in [0.15, 0.2) is 6.33 Å². The number of rotatable bonds is 1. The van der Waals surface area contributed by atoms with E-state index in [1.165, 1.54) is 0 Å². The molecular weight excluding hydrogens is 321 g/mol. The minimum atomic E-state index is -0.785. The Morgan fingerprint density at radius 2 is 2.11 bits per heavy atom. The summed E-state index contributed by atoms with van der Waals surface area (Å²) < 4.78 is 1.82. The molecule has 19 heavy (non-hydrogen) atoms. The van der Waals surface area contributed by atoms with Crippen LogP contribution in [0, 0.1) is 19.0 Å². The van der Waals surface area contributed by atoms with Crippen molar-refractivity contribution in [2.24, 2.45) is 5.92 Å². The van der Waals surface area contributed by atoms with E-state index in [0.29, 0.717) is 23.4 Å². The fourth-order valence-corrected chi connectivity index (χ4v) is 2.60. The van der Waals surface area contributed by atoms with Crippen LogP contribution in [0.25, 0.3) is 11.2 Å². The van der Waals surface area contributed by atoms with Crippen molar-refractivity contribution in [3.63, 3.8) is 0 Å². The molecule has 2 heterocycles. The van der Waals surface area contributed by atoms with Gasteiger partial charge in [-0.25, -0.2) is 0 Å². The molecule has 2 N–H and O–H groups in total. The largest absolute Gasteiger partial charge is 0.390 e. The Labute approximate surface area is 136 Å². The van der Waals surface area contributed by atoms with Crippen molar-refractivity contribution in [2.45, 2.75) is 38.5 Å². The maximum absolute atomic E-state index is 10.1. The molecule has 2 aromatic rings. The van der Waals surface area contributed by atoms with Crippen LogP contribution in [0.5, 0.6) is 0 Å². The van der Waals surface area contributed by atoms with Gasteiger partial charge in [-0.2, -0.15) is 0 Å². The van der Waals surface area contributed by atoms with E-state index in [9.17, 15) is 10.2 Å². The maximum Gasteiger partial charge on any atom is 0.0998 e. The predicted octanol–water partition coefficient (Wildman–Crippen LogP) is 0.235. The third-order valence-electron chi connectivity index (χ3n) is 3.66. The molecule has 0 bridgehead atoms. The summed E-state index contributed by atoms with van der Waals surface area (Å²) >= 11 is 0. The summed E-state index contributed by atoms with van der Waals surface area (Å²) in [7, 11) is 0. The number of aromatic nitrogens is 4. The van der Waals surface area contributed by atoms with Crippen LogP contribution in [-0.4, -0.2) is 41.9 Å². The van der Waals surface area contributed by atoms with Crippen molar-refractivity contribution >= 4 is 11.2 Å². The van der Waals surface area contributed by atoms with Gasteiger partial charge in [0.25, 0.3) is 0 Å². The SMILES string of the molecule is Cc1n[c-]c2ncn([C@@H]3C[C@H](C)[C@@H](O)[C@H]3O)c2n1.[Y]. The third-order valence-corrected chi connectivity index (χ3v) is 3.66. The normalized spacial score (nSPS) is 30.5. The van der Waals surface area contributed by atoms with Gasteiger partial charge in [0.15, 0.2) is 0 Å². The number of aryl methyl sites for hydroxylation is 1. The first-order chi connectivity index (χ1) is 8.58. The van der Waals surface area contributed by atoms with E-state index < -0.39 is 12.2 Å². The number of nitrogens with zero attached hydrogens (tertiary/aromatic N) is 4. The molecule has 3 rings (SSSR count). The van der Waals surface area contributed by atoms with Crippen LogP contribution >= 0.6 is 0 Å². The van der Waals surface area contributed by atoms with Gasteiger partial charge in [-0.05, 0) is 18.5 Å². The molecule has 1 aliphatic rings. The molecule has 0 amide bonds. The van der Waals surface area contributed by atoms with E-state index in [-0.39, 0.29) is 44.7 Å². The van der Waals surface area contributed by atoms with Gasteiger partial charge in [0.1, 0.15) is 0 Å². The van der Waals surface area contributed by atoms with Gasteiger partial charge in [-0.3, -0.25) is 4.98 Å². The molecule has 0 aliphatic heterocycles. The zero-order chi connectivity index (χ0) is 12.9. The molecule has 0 spiro atoms. The summed E-state index contributed by atoms with van der Waals surface area (Å²) in [5.41, 5.74) is 1.25. The zero-order valence-corrected chi connectivity index (χ0v) is 13.7. The van der Waals surface area contributed by atoms with Crippen LogP contribution in [0.1, 0.15) is 25.2 Å². The molecular formula is C12H15N4O2Y-. The predicted molar refractivity (Wildman–Crippen MR) is 63.7 cm³/mol. The first kappa shape index (κ1) is 15.0. The molecule has 1 fully saturated rings. The summed E-state index contributed by atoms with van der Waals surface area (Å²) in [5.74, 6) is 0.680. The molecule has 2 aromatic heterocycles. The van der Waals surface area contributed by atoms with Gasteiger partial charge in [0.05, 0.1) is 24.6 Å². The zero-order valence-electron chi connectivity index (χ0n) is 10.9. The Balaban J connectivity index is 0.00000133. The van der Waals surface area contributed by atoms with E-state index in [1.54, 1.807) is 13.3 Å². The van der Waals surface area contributed by atoms with Gasteiger partial charge >= 0.3 is 0 Å². The second-order valence-electron chi connectivity index (χ2n) is 4.97. The molecule has 4 atom stereocenters. The summed E-state index contributed by atoms with van der Waals surface area (Å²) in [4.78, 5) is 12.5. The minimum Gasteiger partial charge on any atom is -0.390 e. The van der Waals surface area contributed by atoms with Crippen LogP contribution in [0.4, 0.5) is 0 Å². The van der Waals surface area contributed by atoms with Gasteiger partial charge in [0.2, 0.25) is 0 Å². The first-order valence-electron chi connectivity index (χ1n) is 6.03.